The zero-order valence-electron chi connectivity index (χ0n) is 8.03. The predicted molar refractivity (Wildman–Crippen MR) is 47.1 cm³/mol. The van der Waals surface area contributed by atoms with Gasteiger partial charge in [0.15, 0.2) is 0 Å². The van der Waals surface area contributed by atoms with Gasteiger partial charge in [-0.1, -0.05) is 0 Å². The Morgan fingerprint density at radius 1 is 1.46 bits per heavy atom. The van der Waals surface area contributed by atoms with Gasteiger partial charge in [-0.3, -0.25) is 4.79 Å². The molecule has 0 aliphatic rings. The Kier molecular flexibility index (Phi) is 6.48. The summed E-state index contributed by atoms with van der Waals surface area (Å²) >= 11 is 0. The van der Waals surface area contributed by atoms with E-state index in [2.05, 4.69) is 0 Å². The van der Waals surface area contributed by atoms with Gasteiger partial charge in [0.1, 0.15) is 12.6 Å². The van der Waals surface area contributed by atoms with E-state index < -0.39 is 18.6 Å². The van der Waals surface area contributed by atoms with Crippen LogP contribution in [0, 0.1) is 0 Å². The molecule has 0 rings (SSSR count). The number of rotatable bonds is 6. The minimum atomic E-state index is -0.945. The Morgan fingerprint density at radius 2 is 2.08 bits per heavy atom. The Hall–Kier alpha value is -0.650. The summed E-state index contributed by atoms with van der Waals surface area (Å²) in [5.74, 6) is -0.602. The summed E-state index contributed by atoms with van der Waals surface area (Å²) in [6, 6.07) is -0.945. The minimum Gasteiger partial charge on any atom is -0.462 e. The number of carbonyl (C=O) groups is 1. The van der Waals surface area contributed by atoms with Gasteiger partial charge >= 0.3 is 5.97 Å². The number of nitrogens with two attached hydrogens (primary N) is 1. The topological polar surface area (TPSA) is 81.8 Å². The maximum absolute atomic E-state index is 10.9. The molecule has 5 heteroatoms. The lowest BCUT2D eigenvalue weighted by atomic mass is 10.3. The van der Waals surface area contributed by atoms with Crippen LogP contribution in [0.15, 0.2) is 0 Å². The van der Waals surface area contributed by atoms with Crippen molar-refractivity contribution in [3.63, 3.8) is 0 Å². The van der Waals surface area contributed by atoms with E-state index in [1.54, 1.807) is 0 Å². The molecule has 0 bridgehead atoms. The van der Waals surface area contributed by atoms with Gasteiger partial charge in [0.25, 0.3) is 0 Å². The van der Waals surface area contributed by atoms with Gasteiger partial charge < -0.3 is 20.3 Å². The normalized spacial score (nSPS) is 13.0. The number of aliphatic hydroxyl groups excluding tert-OH is 1. The van der Waals surface area contributed by atoms with Crippen molar-refractivity contribution in [2.45, 2.75) is 26.0 Å². The molecule has 0 unspecified atom stereocenters. The Balaban J connectivity index is 3.37. The van der Waals surface area contributed by atoms with Crippen molar-refractivity contribution in [1.82, 2.24) is 0 Å². The van der Waals surface area contributed by atoms with Gasteiger partial charge in [0.2, 0.25) is 0 Å². The molecule has 0 aromatic heterocycles. The van der Waals surface area contributed by atoms with Gasteiger partial charge in [0.05, 0.1) is 19.3 Å². The van der Waals surface area contributed by atoms with Crippen LogP contribution in [0.1, 0.15) is 13.8 Å². The fourth-order valence-corrected chi connectivity index (χ4v) is 0.608. The molecule has 1 atom stereocenters. The largest absolute Gasteiger partial charge is 0.462 e. The van der Waals surface area contributed by atoms with E-state index in [1.807, 2.05) is 13.8 Å². The average Bonchev–Trinajstić information content (AvgIpc) is 2.10. The number of carbonyl (C=O) groups excluding carboxylic acids is 1. The number of hydrogen-bond acceptors (Lipinski definition) is 5. The lowest BCUT2D eigenvalue weighted by molar-refractivity contribution is -0.148. The van der Waals surface area contributed by atoms with E-state index in [9.17, 15) is 4.79 Å². The third-order valence-electron chi connectivity index (χ3n) is 1.28. The number of esters is 1. The summed E-state index contributed by atoms with van der Waals surface area (Å²) in [6.45, 7) is 3.90. The van der Waals surface area contributed by atoms with Gasteiger partial charge in [-0.15, -0.1) is 0 Å². The molecule has 0 radical (unpaired) electrons. The highest BCUT2D eigenvalue weighted by Crippen LogP contribution is 1.89. The summed E-state index contributed by atoms with van der Waals surface area (Å²) in [5, 5.41) is 8.49. The van der Waals surface area contributed by atoms with E-state index in [-0.39, 0.29) is 12.7 Å². The second-order valence-corrected chi connectivity index (χ2v) is 2.88. The second-order valence-electron chi connectivity index (χ2n) is 2.88. The number of aliphatic hydroxyl groups is 1. The summed E-state index contributed by atoms with van der Waals surface area (Å²) < 4.78 is 9.82. The van der Waals surface area contributed by atoms with Crippen molar-refractivity contribution < 1.29 is 19.4 Å². The summed E-state index contributed by atoms with van der Waals surface area (Å²) in [6.07, 6.45) is 0.116. The predicted octanol–water partition coefficient (Wildman–Crippen LogP) is -0.726. The minimum absolute atomic E-state index is 0.116. The van der Waals surface area contributed by atoms with Gasteiger partial charge in [-0.25, -0.2) is 0 Å². The summed E-state index contributed by atoms with van der Waals surface area (Å²) in [7, 11) is 0. The van der Waals surface area contributed by atoms with Crippen LogP contribution in [0.5, 0.6) is 0 Å². The highest BCUT2D eigenvalue weighted by atomic mass is 16.6. The first-order chi connectivity index (χ1) is 6.07. The highest BCUT2D eigenvalue weighted by molar-refractivity contribution is 5.75. The van der Waals surface area contributed by atoms with Crippen LogP contribution < -0.4 is 5.73 Å². The zero-order chi connectivity index (χ0) is 10.3. The molecule has 3 N–H and O–H groups in total. The fraction of sp³-hybridized carbons (Fsp3) is 0.875. The van der Waals surface area contributed by atoms with E-state index >= 15 is 0 Å². The van der Waals surface area contributed by atoms with Crippen LogP contribution in [0.4, 0.5) is 0 Å². The molecule has 0 aliphatic carbocycles. The van der Waals surface area contributed by atoms with Crippen molar-refractivity contribution in [2.24, 2.45) is 5.73 Å². The van der Waals surface area contributed by atoms with E-state index in [1.165, 1.54) is 0 Å². The molecule has 0 spiro atoms. The Labute approximate surface area is 77.8 Å². The number of ether oxygens (including phenoxy) is 2. The van der Waals surface area contributed by atoms with Gasteiger partial charge in [-0.05, 0) is 13.8 Å². The average molecular weight is 191 g/mol. The molecule has 0 fully saturated rings. The van der Waals surface area contributed by atoms with Gasteiger partial charge in [-0.2, -0.15) is 0 Å². The first-order valence-corrected chi connectivity index (χ1v) is 4.22. The van der Waals surface area contributed by atoms with E-state index in [0.717, 1.165) is 0 Å². The lowest BCUT2D eigenvalue weighted by Gasteiger charge is -2.10. The van der Waals surface area contributed by atoms with Crippen LogP contribution in [-0.4, -0.2) is 43.0 Å². The molecule has 0 saturated carbocycles. The van der Waals surface area contributed by atoms with Crippen LogP contribution >= 0.6 is 0 Å². The molecule has 0 saturated heterocycles. The second kappa shape index (κ2) is 6.82. The van der Waals surface area contributed by atoms with E-state index in [4.69, 9.17) is 20.3 Å². The monoisotopic (exact) mass is 191 g/mol. The molecule has 78 valence electrons. The molecule has 0 aliphatic heterocycles. The number of hydrogen-bond donors (Lipinski definition) is 2. The van der Waals surface area contributed by atoms with Crippen molar-refractivity contribution in [3.05, 3.63) is 0 Å². The Morgan fingerprint density at radius 3 is 2.54 bits per heavy atom. The molecule has 0 amide bonds. The first kappa shape index (κ1) is 12.3. The molecule has 0 aromatic rings. The lowest BCUT2D eigenvalue weighted by Crippen LogP contribution is -2.36. The van der Waals surface area contributed by atoms with Crippen molar-refractivity contribution in [1.29, 1.82) is 0 Å². The van der Waals surface area contributed by atoms with Crippen molar-refractivity contribution in [3.8, 4) is 0 Å². The summed E-state index contributed by atoms with van der Waals surface area (Å²) in [5.41, 5.74) is 5.19. The summed E-state index contributed by atoms with van der Waals surface area (Å²) in [4.78, 5) is 10.9. The standard InChI is InChI=1S/C8H17NO4/c1-6(2)12-3-4-13-8(11)7(9)5-10/h6-7,10H,3-5,9H2,1-2H3/t7-/m1/s1. The fourth-order valence-electron chi connectivity index (χ4n) is 0.608. The first-order valence-electron chi connectivity index (χ1n) is 4.22. The molecular formula is C8H17NO4. The van der Waals surface area contributed by atoms with Crippen LogP contribution in [0.2, 0.25) is 0 Å². The molecule has 0 aromatic carbocycles. The van der Waals surface area contributed by atoms with Crippen LogP contribution in [0.3, 0.4) is 0 Å². The molecule has 0 heterocycles. The maximum Gasteiger partial charge on any atom is 0.325 e. The quantitative estimate of drug-likeness (QED) is 0.427. The molecule has 13 heavy (non-hydrogen) atoms. The maximum atomic E-state index is 10.9. The smallest absolute Gasteiger partial charge is 0.325 e. The van der Waals surface area contributed by atoms with E-state index in [0.29, 0.717) is 6.61 Å². The Bertz CT molecular complexity index is 149. The molecule has 5 nitrogen and oxygen atoms in total. The van der Waals surface area contributed by atoms with Crippen LogP contribution in [-0.2, 0) is 14.3 Å². The third kappa shape index (κ3) is 6.51. The van der Waals surface area contributed by atoms with Crippen molar-refractivity contribution >= 4 is 5.97 Å². The SMILES string of the molecule is CC(C)OCCOC(=O)[C@H](N)CO. The highest BCUT2D eigenvalue weighted by Gasteiger charge is 2.12. The van der Waals surface area contributed by atoms with Gasteiger partial charge in [0, 0.05) is 0 Å². The van der Waals surface area contributed by atoms with Crippen molar-refractivity contribution in [2.75, 3.05) is 19.8 Å². The zero-order valence-corrected chi connectivity index (χ0v) is 8.03. The molecular weight excluding hydrogens is 174 g/mol. The van der Waals surface area contributed by atoms with Crippen LogP contribution in [0.25, 0.3) is 0 Å². The third-order valence-corrected chi connectivity index (χ3v) is 1.28.